The molecule has 0 aliphatic carbocycles. The Kier molecular flexibility index (Phi) is 2.19. The summed E-state index contributed by atoms with van der Waals surface area (Å²) in [6.45, 7) is 0. The number of hydrogen-bond donors (Lipinski definition) is 3. The summed E-state index contributed by atoms with van der Waals surface area (Å²) in [7, 11) is 0. The summed E-state index contributed by atoms with van der Waals surface area (Å²) in [6.07, 6.45) is 0. The molecule has 13 heavy (non-hydrogen) atoms. The third-order valence-electron chi connectivity index (χ3n) is 1.40. The second kappa shape index (κ2) is 3.14. The third kappa shape index (κ3) is 1.76. The van der Waals surface area contributed by atoms with Crippen molar-refractivity contribution in [3.8, 4) is 5.75 Å². The minimum atomic E-state index is -1.39. The Morgan fingerprint density at radius 2 is 1.85 bits per heavy atom. The van der Waals surface area contributed by atoms with E-state index >= 15 is 0 Å². The topological polar surface area (TPSA) is 94.8 Å². The van der Waals surface area contributed by atoms with Gasteiger partial charge in [0.15, 0.2) is 0 Å². The maximum absolute atomic E-state index is 10.4. The lowest BCUT2D eigenvalue weighted by atomic mass is 10.1. The van der Waals surface area contributed by atoms with Crippen molar-refractivity contribution >= 4 is 11.9 Å². The van der Waals surface area contributed by atoms with Crippen LogP contribution in [-0.4, -0.2) is 27.3 Å². The fourth-order valence-electron chi connectivity index (χ4n) is 0.776. The van der Waals surface area contributed by atoms with Gasteiger partial charge in [-0.1, -0.05) is 0 Å². The molecule has 0 saturated heterocycles. The van der Waals surface area contributed by atoms with Gasteiger partial charge < -0.3 is 15.3 Å². The van der Waals surface area contributed by atoms with Gasteiger partial charge in [0.2, 0.25) is 0 Å². The molecular weight excluding hydrogens is 176 g/mol. The van der Waals surface area contributed by atoms with Crippen molar-refractivity contribution in [1.29, 1.82) is 0 Å². The number of rotatable bonds is 2. The molecular formula is C8H5O5. The molecule has 0 saturated carbocycles. The number of benzene rings is 1. The molecule has 1 aromatic carbocycles. The molecule has 0 amide bonds. The molecule has 0 atom stereocenters. The summed E-state index contributed by atoms with van der Waals surface area (Å²) >= 11 is 0. The summed E-state index contributed by atoms with van der Waals surface area (Å²) < 4.78 is 0. The summed E-state index contributed by atoms with van der Waals surface area (Å²) in [5, 5.41) is 25.9. The molecule has 0 aliphatic heterocycles. The Morgan fingerprint density at radius 3 is 2.31 bits per heavy atom. The Hall–Kier alpha value is -2.04. The molecule has 1 aromatic rings. The zero-order valence-electron chi connectivity index (χ0n) is 6.31. The van der Waals surface area contributed by atoms with E-state index in [1.807, 2.05) is 0 Å². The van der Waals surface area contributed by atoms with Crippen molar-refractivity contribution < 1.29 is 24.9 Å². The Balaban J connectivity index is 3.27. The lowest BCUT2D eigenvalue weighted by Crippen LogP contribution is -2.02. The molecule has 1 radical (unpaired) electrons. The smallest absolute Gasteiger partial charge is 0.339 e. The van der Waals surface area contributed by atoms with E-state index in [4.69, 9.17) is 15.3 Å². The minimum Gasteiger partial charge on any atom is -0.506 e. The molecule has 0 aromatic heterocycles. The van der Waals surface area contributed by atoms with Crippen LogP contribution in [0.3, 0.4) is 0 Å². The molecule has 3 N–H and O–H groups in total. The van der Waals surface area contributed by atoms with Gasteiger partial charge in [-0.05, 0) is 12.1 Å². The van der Waals surface area contributed by atoms with Crippen LogP contribution < -0.4 is 0 Å². The number of hydrogen-bond acceptors (Lipinski definition) is 3. The van der Waals surface area contributed by atoms with Gasteiger partial charge >= 0.3 is 11.9 Å². The fraction of sp³-hybridized carbons (Fsp3) is 0. The van der Waals surface area contributed by atoms with Crippen molar-refractivity contribution in [2.45, 2.75) is 0 Å². The third-order valence-corrected chi connectivity index (χ3v) is 1.40. The molecule has 0 bridgehead atoms. The van der Waals surface area contributed by atoms with Gasteiger partial charge in [-0.25, -0.2) is 9.59 Å². The molecule has 5 nitrogen and oxygen atoms in total. The van der Waals surface area contributed by atoms with Gasteiger partial charge in [0.1, 0.15) is 11.3 Å². The first-order valence-electron chi connectivity index (χ1n) is 3.23. The molecule has 5 heteroatoms. The number of carboxylic acid groups (broad SMARTS) is 2. The van der Waals surface area contributed by atoms with Gasteiger partial charge in [0, 0.05) is 6.07 Å². The van der Waals surface area contributed by atoms with Gasteiger partial charge in [-0.15, -0.1) is 0 Å². The second-order valence-corrected chi connectivity index (χ2v) is 2.26. The SMILES string of the molecule is O=C(O)c1c[c]c(O)c(C(=O)O)c1. The maximum Gasteiger partial charge on any atom is 0.339 e. The van der Waals surface area contributed by atoms with Gasteiger partial charge in [-0.2, -0.15) is 0 Å². The summed E-state index contributed by atoms with van der Waals surface area (Å²) in [5.41, 5.74) is -0.699. The molecule has 1 rings (SSSR count). The Morgan fingerprint density at radius 1 is 1.23 bits per heavy atom. The summed E-state index contributed by atoms with van der Waals surface area (Å²) in [4.78, 5) is 20.8. The monoisotopic (exact) mass is 181 g/mol. The molecule has 67 valence electrons. The Bertz CT molecular complexity index is 369. The van der Waals surface area contributed by atoms with Crippen molar-refractivity contribution in [3.63, 3.8) is 0 Å². The van der Waals surface area contributed by atoms with Crippen LogP contribution >= 0.6 is 0 Å². The molecule has 0 heterocycles. The maximum atomic E-state index is 10.4. The molecule has 0 unspecified atom stereocenters. The highest BCUT2D eigenvalue weighted by molar-refractivity contribution is 5.95. The fourth-order valence-corrected chi connectivity index (χ4v) is 0.776. The Labute approximate surface area is 72.9 Å². The van der Waals surface area contributed by atoms with E-state index in [9.17, 15) is 9.59 Å². The van der Waals surface area contributed by atoms with Crippen LogP contribution in [0, 0.1) is 6.07 Å². The van der Waals surface area contributed by atoms with Gasteiger partial charge in [0.05, 0.1) is 5.56 Å². The van der Waals surface area contributed by atoms with Crippen LogP contribution in [0.15, 0.2) is 12.1 Å². The molecule has 0 fully saturated rings. The van der Waals surface area contributed by atoms with Crippen LogP contribution in [0.4, 0.5) is 0 Å². The normalized spacial score (nSPS) is 9.54. The van der Waals surface area contributed by atoms with E-state index in [-0.39, 0.29) is 5.56 Å². The zero-order chi connectivity index (χ0) is 10.0. The van der Waals surface area contributed by atoms with Crippen molar-refractivity contribution in [1.82, 2.24) is 0 Å². The first-order valence-corrected chi connectivity index (χ1v) is 3.23. The quantitative estimate of drug-likeness (QED) is 0.620. The lowest BCUT2D eigenvalue weighted by molar-refractivity contribution is 0.0693. The number of carboxylic acids is 2. The van der Waals surface area contributed by atoms with Gasteiger partial charge in [0.25, 0.3) is 0 Å². The summed E-state index contributed by atoms with van der Waals surface area (Å²) in [5.74, 6) is -3.23. The largest absolute Gasteiger partial charge is 0.506 e. The van der Waals surface area contributed by atoms with E-state index < -0.39 is 23.3 Å². The average molecular weight is 181 g/mol. The first kappa shape index (κ1) is 9.05. The summed E-state index contributed by atoms with van der Waals surface area (Å²) in [6, 6.07) is 4.00. The lowest BCUT2D eigenvalue weighted by Gasteiger charge is -1.99. The van der Waals surface area contributed by atoms with Crippen LogP contribution in [0.1, 0.15) is 20.7 Å². The van der Waals surface area contributed by atoms with E-state index in [0.717, 1.165) is 12.1 Å². The average Bonchev–Trinajstić information content (AvgIpc) is 2.04. The van der Waals surface area contributed by atoms with E-state index in [1.165, 1.54) is 0 Å². The highest BCUT2D eigenvalue weighted by Crippen LogP contribution is 2.17. The second-order valence-electron chi connectivity index (χ2n) is 2.26. The number of aromatic carboxylic acids is 2. The highest BCUT2D eigenvalue weighted by atomic mass is 16.4. The van der Waals surface area contributed by atoms with Crippen LogP contribution in [-0.2, 0) is 0 Å². The minimum absolute atomic E-state index is 0.227. The van der Waals surface area contributed by atoms with Crippen LogP contribution in [0.2, 0.25) is 0 Å². The van der Waals surface area contributed by atoms with Crippen molar-refractivity contribution in [2.75, 3.05) is 0 Å². The number of carbonyl (C=O) groups is 2. The van der Waals surface area contributed by atoms with E-state index in [1.54, 1.807) is 0 Å². The number of aromatic hydroxyl groups is 1. The van der Waals surface area contributed by atoms with Crippen molar-refractivity contribution in [2.24, 2.45) is 0 Å². The first-order chi connectivity index (χ1) is 6.02. The van der Waals surface area contributed by atoms with E-state index in [2.05, 4.69) is 6.07 Å². The highest BCUT2D eigenvalue weighted by Gasteiger charge is 2.13. The number of phenols is 1. The predicted molar refractivity (Wildman–Crippen MR) is 40.9 cm³/mol. The zero-order valence-corrected chi connectivity index (χ0v) is 6.31. The van der Waals surface area contributed by atoms with E-state index in [0.29, 0.717) is 0 Å². The molecule has 0 spiro atoms. The standard InChI is InChI=1S/C8H5O5/c9-6-2-1-4(7(10)11)3-5(6)8(12)13/h1,3,9H,(H,10,11)(H,12,13). The predicted octanol–water partition coefficient (Wildman–Crippen LogP) is 0.589. The van der Waals surface area contributed by atoms with Crippen LogP contribution in [0.25, 0.3) is 0 Å². The molecule has 0 aliphatic rings. The van der Waals surface area contributed by atoms with Gasteiger partial charge in [-0.3, -0.25) is 0 Å². The van der Waals surface area contributed by atoms with Crippen molar-refractivity contribution in [3.05, 3.63) is 29.3 Å². The van der Waals surface area contributed by atoms with Crippen LogP contribution in [0.5, 0.6) is 5.75 Å².